The van der Waals surface area contributed by atoms with Crippen molar-refractivity contribution in [2.24, 2.45) is 4.99 Å². The molecule has 8 heteroatoms. The van der Waals surface area contributed by atoms with Gasteiger partial charge in [-0.05, 0) is 60.4 Å². The molecule has 0 saturated carbocycles. The number of piperidine rings is 1. The van der Waals surface area contributed by atoms with Crippen molar-refractivity contribution in [3.8, 4) is 0 Å². The zero-order valence-electron chi connectivity index (χ0n) is 20.0. The number of aliphatic imine (C=N–C) groups is 1. The maximum absolute atomic E-state index is 12.2. The molecule has 0 spiro atoms. The van der Waals surface area contributed by atoms with Crippen molar-refractivity contribution in [1.29, 1.82) is 0 Å². The number of carbonyl (C=O) groups excluding carboxylic acids is 1. The summed E-state index contributed by atoms with van der Waals surface area (Å²) in [5.74, 6) is 0.910. The van der Waals surface area contributed by atoms with Crippen molar-refractivity contribution >= 4 is 12.1 Å². The summed E-state index contributed by atoms with van der Waals surface area (Å²) < 4.78 is 5.47. The van der Waals surface area contributed by atoms with Crippen molar-refractivity contribution in [3.05, 3.63) is 0 Å². The summed E-state index contributed by atoms with van der Waals surface area (Å²) in [5.41, 5.74) is -0.433. The van der Waals surface area contributed by atoms with Crippen LogP contribution in [0.25, 0.3) is 0 Å². The van der Waals surface area contributed by atoms with Crippen molar-refractivity contribution in [2.75, 3.05) is 59.4 Å². The average Bonchev–Trinajstić information content (AvgIpc) is 2.69. The van der Waals surface area contributed by atoms with Crippen LogP contribution in [-0.4, -0.2) is 104 Å². The molecule has 2 fully saturated rings. The fourth-order valence-corrected chi connectivity index (χ4v) is 3.94. The van der Waals surface area contributed by atoms with E-state index in [1.165, 1.54) is 12.8 Å². The highest BCUT2D eigenvalue weighted by atomic mass is 16.6. The summed E-state index contributed by atoms with van der Waals surface area (Å²) in [4.78, 5) is 23.3. The first-order chi connectivity index (χ1) is 14.2. The van der Waals surface area contributed by atoms with E-state index in [-0.39, 0.29) is 6.09 Å². The number of piperazine rings is 1. The molecule has 0 unspecified atom stereocenters. The van der Waals surface area contributed by atoms with E-state index in [0.29, 0.717) is 12.1 Å². The lowest BCUT2D eigenvalue weighted by Crippen LogP contribution is -2.51. The average molecular weight is 425 g/mol. The normalized spacial score (nSPS) is 20.5. The number of guanidine groups is 1. The van der Waals surface area contributed by atoms with Crippen LogP contribution in [0.3, 0.4) is 0 Å². The van der Waals surface area contributed by atoms with Crippen molar-refractivity contribution in [3.63, 3.8) is 0 Å². The maximum Gasteiger partial charge on any atom is 0.410 e. The highest BCUT2D eigenvalue weighted by Crippen LogP contribution is 2.13. The molecule has 2 N–H and O–H groups in total. The van der Waals surface area contributed by atoms with Crippen LogP contribution in [0.15, 0.2) is 4.99 Å². The minimum absolute atomic E-state index is 0.196. The van der Waals surface area contributed by atoms with Crippen LogP contribution in [0.1, 0.15) is 53.9 Å². The fourth-order valence-electron chi connectivity index (χ4n) is 3.94. The number of rotatable bonds is 6. The number of hydrogen-bond donors (Lipinski definition) is 2. The second-order valence-electron chi connectivity index (χ2n) is 9.71. The molecule has 0 bridgehead atoms. The number of amides is 1. The van der Waals surface area contributed by atoms with Gasteiger partial charge >= 0.3 is 6.09 Å². The zero-order chi connectivity index (χ0) is 22.1. The van der Waals surface area contributed by atoms with Crippen LogP contribution in [0.2, 0.25) is 0 Å². The van der Waals surface area contributed by atoms with Crippen LogP contribution >= 0.6 is 0 Å². The van der Waals surface area contributed by atoms with E-state index in [9.17, 15) is 4.79 Å². The van der Waals surface area contributed by atoms with Gasteiger partial charge in [0.25, 0.3) is 0 Å². The van der Waals surface area contributed by atoms with Gasteiger partial charge in [0.15, 0.2) is 5.96 Å². The molecular weight excluding hydrogens is 380 g/mol. The Bertz CT molecular complexity index is 544. The third kappa shape index (κ3) is 8.68. The third-order valence-electron chi connectivity index (χ3n) is 5.79. The Labute approximate surface area is 183 Å². The highest BCUT2D eigenvalue weighted by Gasteiger charge is 2.25. The first-order valence-electron chi connectivity index (χ1n) is 11.6. The minimum atomic E-state index is -0.433. The third-order valence-corrected chi connectivity index (χ3v) is 5.79. The lowest BCUT2D eigenvalue weighted by Gasteiger charge is -2.36. The van der Waals surface area contributed by atoms with Gasteiger partial charge in [-0.3, -0.25) is 9.89 Å². The summed E-state index contributed by atoms with van der Waals surface area (Å²) in [7, 11) is 1.84. The number of carbonyl (C=O) groups is 1. The van der Waals surface area contributed by atoms with Gasteiger partial charge in [0.05, 0.1) is 0 Å². The molecule has 0 aromatic heterocycles. The molecule has 0 aromatic carbocycles. The first-order valence-corrected chi connectivity index (χ1v) is 11.6. The fraction of sp³-hybridized carbons (Fsp3) is 0.909. The van der Waals surface area contributed by atoms with Crippen molar-refractivity contribution < 1.29 is 9.53 Å². The lowest BCUT2D eigenvalue weighted by molar-refractivity contribution is 0.0145. The number of nitrogens with zero attached hydrogens (tertiary/aromatic N) is 4. The largest absolute Gasteiger partial charge is 0.444 e. The van der Waals surface area contributed by atoms with Gasteiger partial charge in [-0.15, -0.1) is 0 Å². The van der Waals surface area contributed by atoms with Crippen LogP contribution in [0.4, 0.5) is 4.79 Å². The zero-order valence-corrected chi connectivity index (χ0v) is 20.0. The van der Waals surface area contributed by atoms with Crippen molar-refractivity contribution in [1.82, 2.24) is 25.3 Å². The SMILES string of the molecule is CN=C(NCCCN1CCN(C(=O)OC(C)(C)C)CC1)NC1CCN(C(C)C)CC1. The Kier molecular flexibility index (Phi) is 9.68. The topological polar surface area (TPSA) is 72.4 Å². The van der Waals surface area contributed by atoms with Gasteiger partial charge in [0, 0.05) is 64.9 Å². The highest BCUT2D eigenvalue weighted by molar-refractivity contribution is 5.79. The Morgan fingerprint density at radius 1 is 1.10 bits per heavy atom. The summed E-state index contributed by atoms with van der Waals surface area (Å²) in [5, 5.41) is 7.04. The van der Waals surface area contributed by atoms with Crippen LogP contribution in [0.5, 0.6) is 0 Å². The lowest BCUT2D eigenvalue weighted by atomic mass is 10.0. The summed E-state index contributed by atoms with van der Waals surface area (Å²) in [6.07, 6.45) is 3.19. The molecule has 2 aliphatic rings. The Morgan fingerprint density at radius 2 is 1.73 bits per heavy atom. The predicted molar refractivity (Wildman–Crippen MR) is 123 cm³/mol. The van der Waals surface area contributed by atoms with E-state index in [1.807, 2.05) is 32.7 Å². The molecule has 30 heavy (non-hydrogen) atoms. The molecule has 0 aliphatic carbocycles. The van der Waals surface area contributed by atoms with Crippen LogP contribution < -0.4 is 10.6 Å². The van der Waals surface area contributed by atoms with Gasteiger partial charge in [-0.2, -0.15) is 0 Å². The van der Waals surface area contributed by atoms with Crippen molar-refractivity contribution in [2.45, 2.75) is 71.6 Å². The molecule has 8 nitrogen and oxygen atoms in total. The molecule has 2 saturated heterocycles. The number of nitrogens with one attached hydrogen (secondary N) is 2. The molecular formula is C22H44N6O2. The van der Waals surface area contributed by atoms with Gasteiger partial charge in [0.1, 0.15) is 5.60 Å². The molecule has 0 atom stereocenters. The number of ether oxygens (including phenoxy) is 1. The Hall–Kier alpha value is -1.54. The molecule has 2 aliphatic heterocycles. The summed E-state index contributed by atoms with van der Waals surface area (Å²) >= 11 is 0. The molecule has 2 rings (SSSR count). The second-order valence-corrected chi connectivity index (χ2v) is 9.71. The van der Waals surface area contributed by atoms with E-state index in [2.05, 4.69) is 39.3 Å². The van der Waals surface area contributed by atoms with E-state index >= 15 is 0 Å². The quantitative estimate of drug-likeness (QED) is 0.386. The number of likely N-dealkylation sites (tertiary alicyclic amines) is 1. The van der Waals surface area contributed by atoms with Gasteiger partial charge in [0.2, 0.25) is 0 Å². The molecule has 1 amide bonds. The number of hydrogen-bond acceptors (Lipinski definition) is 5. The standard InChI is InChI=1S/C22H44N6O2/c1-18(2)27-12-8-19(9-13-27)25-20(23-6)24-10-7-11-26-14-16-28(17-15-26)21(29)30-22(3,4)5/h18-19H,7-17H2,1-6H3,(H2,23,24,25). The van der Waals surface area contributed by atoms with Crippen LogP contribution in [0, 0.1) is 0 Å². The predicted octanol–water partition coefficient (Wildman–Crippen LogP) is 1.97. The molecule has 0 aromatic rings. The van der Waals surface area contributed by atoms with E-state index < -0.39 is 5.60 Å². The van der Waals surface area contributed by atoms with E-state index in [0.717, 1.165) is 64.7 Å². The van der Waals surface area contributed by atoms with E-state index in [4.69, 9.17) is 4.74 Å². The van der Waals surface area contributed by atoms with Crippen LogP contribution in [-0.2, 0) is 4.74 Å². The maximum atomic E-state index is 12.2. The first kappa shape index (κ1) is 24.7. The summed E-state index contributed by atoms with van der Waals surface area (Å²) in [6, 6.07) is 1.14. The monoisotopic (exact) mass is 424 g/mol. The smallest absolute Gasteiger partial charge is 0.410 e. The van der Waals surface area contributed by atoms with Gasteiger partial charge in [-0.1, -0.05) is 0 Å². The molecule has 174 valence electrons. The minimum Gasteiger partial charge on any atom is -0.444 e. The second kappa shape index (κ2) is 11.7. The van der Waals surface area contributed by atoms with Gasteiger partial charge < -0.3 is 25.2 Å². The Balaban J connectivity index is 1.58. The molecule has 2 heterocycles. The van der Waals surface area contributed by atoms with E-state index in [1.54, 1.807) is 0 Å². The summed E-state index contributed by atoms with van der Waals surface area (Å²) in [6.45, 7) is 17.8. The van der Waals surface area contributed by atoms with Gasteiger partial charge in [-0.25, -0.2) is 4.79 Å². The molecule has 0 radical (unpaired) electrons. The Morgan fingerprint density at radius 3 is 2.27 bits per heavy atom.